The maximum atomic E-state index is 13.1. The van der Waals surface area contributed by atoms with E-state index in [4.69, 9.17) is 4.74 Å². The lowest BCUT2D eigenvalue weighted by atomic mass is 9.94. The Morgan fingerprint density at radius 3 is 2.71 bits per heavy atom. The lowest BCUT2D eigenvalue weighted by molar-refractivity contribution is -0.123. The second-order valence-corrected chi connectivity index (χ2v) is 9.17. The van der Waals surface area contributed by atoms with Crippen LogP contribution in [0, 0.1) is 23.2 Å². The molecule has 2 aliphatic rings. The molecule has 182 valence electrons. The van der Waals surface area contributed by atoms with Crippen LogP contribution in [0.25, 0.3) is 10.9 Å². The summed E-state index contributed by atoms with van der Waals surface area (Å²) in [7, 11) is 1.57. The zero-order valence-electron chi connectivity index (χ0n) is 19.1. The number of H-pyrrole nitrogens is 1. The molecule has 2 amide bonds. The average molecular weight is 470 g/mol. The molecule has 1 saturated heterocycles. The van der Waals surface area contributed by atoms with Gasteiger partial charge in [0.25, 0.3) is 5.91 Å². The Labute approximate surface area is 197 Å². The highest BCUT2D eigenvalue weighted by Gasteiger charge is 2.35. The minimum atomic E-state index is -1.40. The summed E-state index contributed by atoms with van der Waals surface area (Å²) >= 11 is 0. The zero-order chi connectivity index (χ0) is 24.2. The molecule has 34 heavy (non-hydrogen) atoms. The normalized spacial score (nSPS) is 21.4. The summed E-state index contributed by atoms with van der Waals surface area (Å²) in [6, 6.07) is 7.53. The molecule has 10 nitrogen and oxygen atoms in total. The molecule has 10 heteroatoms. The van der Waals surface area contributed by atoms with Crippen LogP contribution < -0.4 is 20.7 Å². The number of aliphatic hydroxyl groups excluding tert-OH is 2. The fraction of sp³-hybridized carbons (Fsp3) is 0.542. The van der Waals surface area contributed by atoms with Crippen LogP contribution in [-0.2, 0) is 4.79 Å². The Morgan fingerprint density at radius 2 is 2.06 bits per heavy atom. The van der Waals surface area contributed by atoms with E-state index >= 15 is 0 Å². The first-order chi connectivity index (χ1) is 16.4. The topological polar surface area (TPSA) is 160 Å². The summed E-state index contributed by atoms with van der Waals surface area (Å²) in [5.41, 5.74) is 1.10. The van der Waals surface area contributed by atoms with Gasteiger partial charge in [0.05, 0.1) is 19.2 Å². The highest BCUT2D eigenvalue weighted by Crippen LogP contribution is 2.34. The second-order valence-electron chi connectivity index (χ2n) is 9.17. The van der Waals surface area contributed by atoms with Crippen LogP contribution in [-0.4, -0.2) is 65.1 Å². The van der Waals surface area contributed by atoms with Crippen molar-refractivity contribution in [2.75, 3.05) is 13.7 Å². The number of nitrogens with one attached hydrogen (secondary N) is 4. The molecule has 1 aliphatic heterocycles. The van der Waals surface area contributed by atoms with Crippen molar-refractivity contribution in [3.8, 4) is 11.8 Å². The first-order valence-electron chi connectivity index (χ1n) is 11.7. The predicted molar refractivity (Wildman–Crippen MR) is 124 cm³/mol. The van der Waals surface area contributed by atoms with Crippen molar-refractivity contribution in [1.82, 2.24) is 20.9 Å². The van der Waals surface area contributed by atoms with E-state index in [9.17, 15) is 25.1 Å². The Morgan fingerprint density at radius 1 is 1.26 bits per heavy atom. The maximum Gasteiger partial charge on any atom is 0.268 e. The SMILES string of the molecule is COc1cccc2[nH]c(C(=O)NC(CC3CC3)C(O)NC(CC3CCNC3=O)C(O)C#N)cc12. The van der Waals surface area contributed by atoms with Crippen molar-refractivity contribution in [2.24, 2.45) is 11.8 Å². The number of carbonyl (C=O) groups excluding carboxylic acids is 2. The van der Waals surface area contributed by atoms with E-state index in [-0.39, 0.29) is 24.2 Å². The van der Waals surface area contributed by atoms with E-state index in [1.165, 1.54) is 0 Å². The number of hydrogen-bond acceptors (Lipinski definition) is 7. The third-order valence-electron chi connectivity index (χ3n) is 6.67. The molecule has 0 bridgehead atoms. The maximum absolute atomic E-state index is 13.1. The molecule has 1 aromatic carbocycles. The van der Waals surface area contributed by atoms with E-state index < -0.39 is 24.4 Å². The van der Waals surface area contributed by atoms with Gasteiger partial charge in [-0.2, -0.15) is 5.26 Å². The number of nitriles is 1. The standard InChI is InChI=1S/C24H31N5O5/c1-34-21-4-2-3-16-15(21)11-19(27-16)24(33)29-18(9-13-5-6-13)23(32)28-17(20(30)12-25)10-14-7-8-26-22(14)31/h2-4,11,13-14,17-18,20,23,27-28,30,32H,5-10H2,1H3,(H,26,31)(H,29,33). The third-order valence-corrected chi connectivity index (χ3v) is 6.67. The largest absolute Gasteiger partial charge is 0.496 e. The van der Waals surface area contributed by atoms with Gasteiger partial charge >= 0.3 is 0 Å². The molecule has 0 radical (unpaired) electrons. The molecule has 2 aromatic rings. The van der Waals surface area contributed by atoms with Crippen LogP contribution in [0.4, 0.5) is 0 Å². The van der Waals surface area contributed by atoms with Crippen LogP contribution in [0.3, 0.4) is 0 Å². The molecule has 2 heterocycles. The second kappa shape index (κ2) is 10.4. The lowest BCUT2D eigenvalue weighted by Gasteiger charge is -2.30. The fourth-order valence-corrected chi connectivity index (χ4v) is 4.54. The number of methoxy groups -OCH3 is 1. The van der Waals surface area contributed by atoms with Crippen LogP contribution in [0.2, 0.25) is 0 Å². The number of hydrogen-bond donors (Lipinski definition) is 6. The number of nitrogens with zero attached hydrogens (tertiary/aromatic N) is 1. The lowest BCUT2D eigenvalue weighted by Crippen LogP contribution is -2.56. The van der Waals surface area contributed by atoms with Crippen LogP contribution in [0.15, 0.2) is 24.3 Å². The van der Waals surface area contributed by atoms with Crippen molar-refractivity contribution >= 4 is 22.7 Å². The van der Waals surface area contributed by atoms with E-state index in [0.717, 1.165) is 23.7 Å². The molecule has 6 N–H and O–H groups in total. The zero-order valence-corrected chi connectivity index (χ0v) is 19.1. The number of aromatic amines is 1. The van der Waals surface area contributed by atoms with Gasteiger partial charge in [-0.1, -0.05) is 18.9 Å². The fourth-order valence-electron chi connectivity index (χ4n) is 4.54. The van der Waals surface area contributed by atoms with Gasteiger partial charge in [0, 0.05) is 29.4 Å². The summed E-state index contributed by atoms with van der Waals surface area (Å²) in [5.74, 6) is 0.198. The molecular formula is C24H31N5O5. The van der Waals surface area contributed by atoms with Crippen molar-refractivity contribution in [1.29, 1.82) is 5.26 Å². The Kier molecular flexibility index (Phi) is 7.36. The van der Waals surface area contributed by atoms with Crippen molar-refractivity contribution in [3.63, 3.8) is 0 Å². The first-order valence-corrected chi connectivity index (χ1v) is 11.7. The van der Waals surface area contributed by atoms with Crippen LogP contribution >= 0.6 is 0 Å². The van der Waals surface area contributed by atoms with Crippen LogP contribution in [0.5, 0.6) is 5.75 Å². The van der Waals surface area contributed by atoms with E-state index in [1.807, 2.05) is 18.2 Å². The average Bonchev–Trinajstić information content (AvgIpc) is 3.39. The molecule has 4 rings (SSSR count). The van der Waals surface area contributed by atoms with E-state index in [0.29, 0.717) is 36.7 Å². The van der Waals surface area contributed by atoms with Gasteiger partial charge in [-0.15, -0.1) is 0 Å². The number of ether oxygens (including phenoxy) is 1. The van der Waals surface area contributed by atoms with Crippen LogP contribution in [0.1, 0.15) is 42.6 Å². The van der Waals surface area contributed by atoms with Gasteiger partial charge in [0.1, 0.15) is 17.7 Å². The van der Waals surface area contributed by atoms with Crippen molar-refractivity contribution in [2.45, 2.75) is 56.5 Å². The molecule has 2 fully saturated rings. The number of fused-ring (bicyclic) bond motifs is 1. The Bertz CT molecular complexity index is 1080. The summed E-state index contributed by atoms with van der Waals surface area (Å²) in [4.78, 5) is 28.1. The summed E-state index contributed by atoms with van der Waals surface area (Å²) in [5, 5.41) is 39.8. The highest BCUT2D eigenvalue weighted by atomic mass is 16.5. The number of aliphatic hydroxyl groups is 2. The van der Waals surface area contributed by atoms with E-state index in [1.54, 1.807) is 19.2 Å². The molecule has 0 spiro atoms. The number of amides is 2. The Hall–Kier alpha value is -3.13. The van der Waals surface area contributed by atoms with Gasteiger partial charge in [0.2, 0.25) is 5.91 Å². The Balaban J connectivity index is 1.47. The van der Waals surface area contributed by atoms with Gasteiger partial charge in [-0.05, 0) is 43.4 Å². The summed E-state index contributed by atoms with van der Waals surface area (Å²) < 4.78 is 5.36. The quantitative estimate of drug-likeness (QED) is 0.209. The number of aromatic nitrogens is 1. The summed E-state index contributed by atoms with van der Waals surface area (Å²) in [6.07, 6.45) is 0.816. The molecule has 5 unspecified atom stereocenters. The van der Waals surface area contributed by atoms with Gasteiger partial charge in [-0.25, -0.2) is 0 Å². The van der Waals surface area contributed by atoms with Crippen molar-refractivity contribution in [3.05, 3.63) is 30.0 Å². The number of carbonyl (C=O) groups is 2. The smallest absolute Gasteiger partial charge is 0.268 e. The molecule has 1 aliphatic carbocycles. The molecule has 1 saturated carbocycles. The minimum absolute atomic E-state index is 0.122. The minimum Gasteiger partial charge on any atom is -0.496 e. The van der Waals surface area contributed by atoms with E-state index in [2.05, 4.69) is 20.9 Å². The third kappa shape index (κ3) is 5.50. The monoisotopic (exact) mass is 469 g/mol. The van der Waals surface area contributed by atoms with Gasteiger partial charge < -0.3 is 30.6 Å². The van der Waals surface area contributed by atoms with Gasteiger partial charge in [0.15, 0.2) is 6.10 Å². The number of rotatable bonds is 11. The highest BCUT2D eigenvalue weighted by molar-refractivity contribution is 5.99. The van der Waals surface area contributed by atoms with Crippen molar-refractivity contribution < 1.29 is 24.5 Å². The molecular weight excluding hydrogens is 438 g/mol. The first kappa shape index (κ1) is 24.0. The molecule has 5 atom stereocenters. The summed E-state index contributed by atoms with van der Waals surface area (Å²) in [6.45, 7) is 0.553. The molecule has 1 aromatic heterocycles. The predicted octanol–water partition coefficient (Wildman–Crippen LogP) is 0.762. The van der Waals surface area contributed by atoms with Gasteiger partial charge in [-0.3, -0.25) is 14.9 Å². The number of benzene rings is 1.